The van der Waals surface area contributed by atoms with Crippen LogP contribution in [0.3, 0.4) is 0 Å². The number of carbonyl (C=O) groups is 2. The molecule has 3 fully saturated rings. The molecule has 5 aliphatic rings. The summed E-state index contributed by atoms with van der Waals surface area (Å²) in [7, 11) is 2.08. The first-order valence-corrected chi connectivity index (χ1v) is 11.6. The van der Waals surface area contributed by atoms with Crippen molar-refractivity contribution in [2.75, 3.05) is 7.05 Å². The minimum atomic E-state index is -0.653. The highest BCUT2D eigenvalue weighted by Gasteiger charge is 2.55. The van der Waals surface area contributed by atoms with Crippen LogP contribution in [0.25, 0.3) is 0 Å². The maximum absolute atomic E-state index is 13.8. The van der Waals surface area contributed by atoms with E-state index in [4.69, 9.17) is 16.6 Å². The lowest BCUT2D eigenvalue weighted by atomic mass is 9.72. The number of hydrogen-bond donors (Lipinski definition) is 0. The SMILES string of the molecule is CN1C2N=C(C3CCCC3)N(C3C=CC(Cl)=CC3)C(=O)C2C(=O)C2CCCC[C@H]21. The molecular formula is C23H30ClN3O2. The van der Waals surface area contributed by atoms with Gasteiger partial charge in [-0.15, -0.1) is 0 Å². The number of fused-ring (bicyclic) bond motifs is 2. The Morgan fingerprint density at radius 2 is 1.79 bits per heavy atom. The van der Waals surface area contributed by atoms with Crippen LogP contribution in [-0.4, -0.2) is 52.6 Å². The number of ketones is 1. The Morgan fingerprint density at radius 1 is 1.07 bits per heavy atom. The van der Waals surface area contributed by atoms with Gasteiger partial charge in [0.2, 0.25) is 5.91 Å². The van der Waals surface area contributed by atoms with E-state index in [1.165, 1.54) is 12.8 Å². The third-order valence-electron chi connectivity index (χ3n) is 7.74. The molecule has 2 saturated carbocycles. The Labute approximate surface area is 177 Å². The minimum absolute atomic E-state index is 0.0136. The molecule has 5 nitrogen and oxygen atoms in total. The molecule has 6 heteroatoms. The number of aliphatic imine (C=N–C) groups is 1. The van der Waals surface area contributed by atoms with Gasteiger partial charge in [0.25, 0.3) is 0 Å². The van der Waals surface area contributed by atoms with Gasteiger partial charge in [-0.05, 0) is 45.2 Å². The van der Waals surface area contributed by atoms with Crippen molar-refractivity contribution < 1.29 is 9.59 Å². The smallest absolute Gasteiger partial charge is 0.242 e. The zero-order chi connectivity index (χ0) is 20.1. The van der Waals surface area contributed by atoms with Gasteiger partial charge in [-0.1, -0.05) is 49.4 Å². The molecule has 2 aliphatic heterocycles. The predicted octanol–water partition coefficient (Wildman–Crippen LogP) is 3.88. The number of carbonyl (C=O) groups excluding carboxylic acids is 2. The van der Waals surface area contributed by atoms with Gasteiger partial charge in [-0.25, -0.2) is 0 Å². The van der Waals surface area contributed by atoms with Gasteiger partial charge in [-0.2, -0.15) is 0 Å². The van der Waals surface area contributed by atoms with Crippen molar-refractivity contribution in [1.29, 1.82) is 0 Å². The number of likely N-dealkylation sites (tertiary alicyclic amines) is 1. The van der Waals surface area contributed by atoms with Gasteiger partial charge in [0.05, 0.1) is 6.04 Å². The first kappa shape index (κ1) is 19.5. The summed E-state index contributed by atoms with van der Waals surface area (Å²) in [6.07, 6.45) is 14.9. The second kappa shape index (κ2) is 7.66. The Morgan fingerprint density at radius 3 is 2.52 bits per heavy atom. The fraction of sp³-hybridized carbons (Fsp3) is 0.696. The normalized spacial score (nSPS) is 38.6. The molecule has 0 aromatic heterocycles. The van der Waals surface area contributed by atoms with Crippen LogP contribution < -0.4 is 0 Å². The van der Waals surface area contributed by atoms with E-state index in [-0.39, 0.29) is 35.9 Å². The van der Waals surface area contributed by atoms with Crippen LogP contribution in [0.1, 0.15) is 57.8 Å². The van der Waals surface area contributed by atoms with Crippen molar-refractivity contribution >= 4 is 29.1 Å². The maximum Gasteiger partial charge on any atom is 0.242 e. The molecule has 3 aliphatic carbocycles. The summed E-state index contributed by atoms with van der Waals surface area (Å²) in [5.74, 6) is 0.676. The number of halogens is 1. The quantitative estimate of drug-likeness (QED) is 0.643. The van der Waals surface area contributed by atoms with Crippen molar-refractivity contribution in [2.45, 2.75) is 76.0 Å². The van der Waals surface area contributed by atoms with Crippen LogP contribution in [0.5, 0.6) is 0 Å². The second-order valence-electron chi connectivity index (χ2n) is 9.35. The highest BCUT2D eigenvalue weighted by Crippen LogP contribution is 2.42. The lowest BCUT2D eigenvalue weighted by Crippen LogP contribution is -2.66. The molecule has 5 rings (SSSR count). The van der Waals surface area contributed by atoms with E-state index in [9.17, 15) is 9.59 Å². The molecule has 5 atom stereocenters. The van der Waals surface area contributed by atoms with Gasteiger partial charge in [0, 0.05) is 22.9 Å². The van der Waals surface area contributed by atoms with E-state index in [0.29, 0.717) is 17.4 Å². The third-order valence-corrected chi connectivity index (χ3v) is 8.02. The average molecular weight is 416 g/mol. The van der Waals surface area contributed by atoms with Crippen LogP contribution in [0, 0.1) is 17.8 Å². The molecule has 0 bridgehead atoms. The second-order valence-corrected chi connectivity index (χ2v) is 9.78. The molecule has 0 aromatic carbocycles. The number of nitrogens with zero attached hydrogens (tertiary/aromatic N) is 3. The van der Waals surface area contributed by atoms with E-state index in [1.807, 2.05) is 23.1 Å². The van der Waals surface area contributed by atoms with Gasteiger partial charge >= 0.3 is 0 Å². The summed E-state index contributed by atoms with van der Waals surface area (Å²) >= 11 is 6.13. The number of allylic oxidation sites excluding steroid dienone is 2. The van der Waals surface area contributed by atoms with Gasteiger partial charge < -0.3 is 0 Å². The zero-order valence-electron chi connectivity index (χ0n) is 17.1. The summed E-state index contributed by atoms with van der Waals surface area (Å²) in [6.45, 7) is 0. The lowest BCUT2D eigenvalue weighted by Gasteiger charge is -2.51. The summed E-state index contributed by atoms with van der Waals surface area (Å²) in [4.78, 5) is 36.6. The van der Waals surface area contributed by atoms with Gasteiger partial charge in [0.15, 0.2) is 5.78 Å². The number of piperidine rings is 1. The van der Waals surface area contributed by atoms with Crippen molar-refractivity contribution in [1.82, 2.24) is 9.80 Å². The molecular weight excluding hydrogens is 386 g/mol. The van der Waals surface area contributed by atoms with E-state index in [2.05, 4.69) is 11.9 Å². The third kappa shape index (κ3) is 3.21. The van der Waals surface area contributed by atoms with E-state index in [0.717, 1.165) is 44.4 Å². The first-order chi connectivity index (χ1) is 14.1. The van der Waals surface area contributed by atoms with Crippen LogP contribution in [0.15, 0.2) is 28.3 Å². The average Bonchev–Trinajstić information content (AvgIpc) is 3.27. The molecule has 29 heavy (non-hydrogen) atoms. The number of Topliss-reactive ketones (excluding diaryl/α,β-unsaturated/α-hetero) is 1. The topological polar surface area (TPSA) is 53.0 Å². The summed E-state index contributed by atoms with van der Waals surface area (Å²) in [6, 6.07) is 0.147. The first-order valence-electron chi connectivity index (χ1n) is 11.3. The summed E-state index contributed by atoms with van der Waals surface area (Å²) < 4.78 is 0. The fourth-order valence-electron chi connectivity index (χ4n) is 6.21. The minimum Gasteiger partial charge on any atom is -0.298 e. The molecule has 1 saturated heterocycles. The Bertz CT molecular complexity index is 798. The molecule has 0 N–H and O–H groups in total. The zero-order valence-corrected chi connectivity index (χ0v) is 17.9. The van der Waals surface area contributed by atoms with E-state index in [1.54, 1.807) is 0 Å². The highest BCUT2D eigenvalue weighted by molar-refractivity contribution is 6.31. The summed E-state index contributed by atoms with van der Waals surface area (Å²) in [5, 5.41) is 0.710. The van der Waals surface area contributed by atoms with Gasteiger partial charge in [0.1, 0.15) is 17.9 Å². The molecule has 4 unspecified atom stereocenters. The van der Waals surface area contributed by atoms with Crippen LogP contribution >= 0.6 is 11.6 Å². The lowest BCUT2D eigenvalue weighted by molar-refractivity contribution is -0.153. The van der Waals surface area contributed by atoms with Crippen molar-refractivity contribution in [3.63, 3.8) is 0 Å². The molecule has 0 spiro atoms. The van der Waals surface area contributed by atoms with Crippen molar-refractivity contribution in [2.24, 2.45) is 22.7 Å². The molecule has 1 amide bonds. The van der Waals surface area contributed by atoms with Gasteiger partial charge in [-0.3, -0.25) is 24.4 Å². The van der Waals surface area contributed by atoms with Crippen LogP contribution in [0.4, 0.5) is 0 Å². The number of amides is 1. The van der Waals surface area contributed by atoms with Crippen molar-refractivity contribution in [3.8, 4) is 0 Å². The highest BCUT2D eigenvalue weighted by atomic mass is 35.5. The number of hydrogen-bond acceptors (Lipinski definition) is 4. The molecule has 0 radical (unpaired) electrons. The van der Waals surface area contributed by atoms with E-state index < -0.39 is 5.92 Å². The number of amidine groups is 1. The molecule has 2 heterocycles. The molecule has 0 aromatic rings. The van der Waals surface area contributed by atoms with Crippen LogP contribution in [0.2, 0.25) is 0 Å². The fourth-order valence-corrected chi connectivity index (χ4v) is 6.37. The maximum atomic E-state index is 13.8. The van der Waals surface area contributed by atoms with Crippen LogP contribution in [-0.2, 0) is 9.59 Å². The Hall–Kier alpha value is -1.46. The standard InChI is InChI=1S/C23H30ClN3O2/c1-26-18-9-5-4-8-17(18)20(28)19-22(26)25-21(14-6-2-3-7-14)27(23(19)29)16-12-10-15(24)11-13-16/h10-12,14,16-19,22H,2-9,13H2,1H3/t16?,17?,18-,19?,22?/m1/s1. The molecule has 156 valence electrons. The van der Waals surface area contributed by atoms with Crippen molar-refractivity contribution in [3.05, 3.63) is 23.3 Å². The monoisotopic (exact) mass is 415 g/mol. The number of rotatable bonds is 2. The Kier molecular flexibility index (Phi) is 5.15. The Balaban J connectivity index is 1.55. The predicted molar refractivity (Wildman–Crippen MR) is 114 cm³/mol. The van der Waals surface area contributed by atoms with E-state index >= 15 is 0 Å². The largest absolute Gasteiger partial charge is 0.298 e. The summed E-state index contributed by atoms with van der Waals surface area (Å²) in [5.41, 5.74) is 0.